The minimum absolute atomic E-state index is 0.176. The molecule has 0 saturated carbocycles. The number of hydrogen-bond acceptors (Lipinski definition) is 3. The molecule has 3 heteroatoms. The largest absolute Gasteiger partial charge is 0.395 e. The Kier molecular flexibility index (Phi) is 3.09. The predicted octanol–water partition coefficient (Wildman–Crippen LogP) is 0.0510. The van der Waals surface area contributed by atoms with Crippen molar-refractivity contribution in [1.29, 1.82) is 0 Å². The van der Waals surface area contributed by atoms with Crippen molar-refractivity contribution >= 4 is 0 Å². The Bertz CT molecular complexity index is 142. The fraction of sp³-hybridized carbons (Fsp3) is 1.00. The summed E-state index contributed by atoms with van der Waals surface area (Å²) in [6.45, 7) is 9.82. The summed E-state index contributed by atoms with van der Waals surface area (Å²) in [7, 11) is 0. The van der Waals surface area contributed by atoms with Crippen LogP contribution in [0.4, 0.5) is 0 Å². The normalized spacial score (nSPS) is 27.5. The molecular weight excluding hydrogens is 152 g/mol. The second-order valence-electron chi connectivity index (χ2n) is 4.40. The van der Waals surface area contributed by atoms with Crippen LogP contribution in [0.25, 0.3) is 0 Å². The number of aliphatic hydroxyl groups excluding tert-OH is 1. The summed E-state index contributed by atoms with van der Waals surface area (Å²) in [5.74, 6) is 0. The van der Waals surface area contributed by atoms with E-state index in [4.69, 9.17) is 5.11 Å². The van der Waals surface area contributed by atoms with Crippen LogP contribution in [0, 0.1) is 0 Å². The van der Waals surface area contributed by atoms with Crippen LogP contribution in [0.2, 0.25) is 0 Å². The lowest BCUT2D eigenvalue weighted by molar-refractivity contribution is 0.0292. The molecule has 1 heterocycles. The zero-order chi connectivity index (χ0) is 9.19. The van der Waals surface area contributed by atoms with Crippen molar-refractivity contribution in [2.75, 3.05) is 26.2 Å². The standard InChI is InChI=1S/C9H20N2O/c1-9(2,3)11-5-4-10-6-8(11)7-12/h8,10,12H,4-7H2,1-3H3/t8-/m0/s1. The highest BCUT2D eigenvalue weighted by Crippen LogP contribution is 2.17. The minimum atomic E-state index is 0.176. The second kappa shape index (κ2) is 3.73. The van der Waals surface area contributed by atoms with E-state index in [9.17, 15) is 0 Å². The molecule has 1 atom stereocenters. The van der Waals surface area contributed by atoms with E-state index in [1.54, 1.807) is 0 Å². The molecule has 0 aliphatic carbocycles. The number of hydrogen-bond donors (Lipinski definition) is 2. The highest BCUT2D eigenvalue weighted by molar-refractivity contribution is 4.87. The van der Waals surface area contributed by atoms with Crippen LogP contribution >= 0.6 is 0 Å². The monoisotopic (exact) mass is 172 g/mol. The maximum absolute atomic E-state index is 9.14. The molecule has 1 aliphatic heterocycles. The average Bonchev–Trinajstić information content (AvgIpc) is 2.03. The fourth-order valence-corrected chi connectivity index (χ4v) is 1.81. The third-order valence-electron chi connectivity index (χ3n) is 2.42. The van der Waals surface area contributed by atoms with Crippen LogP contribution in [-0.4, -0.2) is 47.8 Å². The SMILES string of the molecule is CC(C)(C)N1CCNC[C@H]1CO. The first kappa shape index (κ1) is 9.96. The van der Waals surface area contributed by atoms with Crippen molar-refractivity contribution < 1.29 is 5.11 Å². The van der Waals surface area contributed by atoms with Crippen molar-refractivity contribution in [2.45, 2.75) is 32.4 Å². The molecule has 0 radical (unpaired) electrons. The van der Waals surface area contributed by atoms with Gasteiger partial charge in [-0.2, -0.15) is 0 Å². The van der Waals surface area contributed by atoms with Gasteiger partial charge >= 0.3 is 0 Å². The van der Waals surface area contributed by atoms with Crippen molar-refractivity contribution in [3.8, 4) is 0 Å². The van der Waals surface area contributed by atoms with Gasteiger partial charge in [-0.3, -0.25) is 4.90 Å². The van der Waals surface area contributed by atoms with Crippen molar-refractivity contribution in [2.24, 2.45) is 0 Å². The van der Waals surface area contributed by atoms with Crippen LogP contribution < -0.4 is 5.32 Å². The van der Waals surface area contributed by atoms with Gasteiger partial charge in [0.05, 0.1) is 6.61 Å². The predicted molar refractivity (Wildman–Crippen MR) is 50.2 cm³/mol. The first-order chi connectivity index (χ1) is 5.55. The molecule has 1 rings (SSSR count). The van der Waals surface area contributed by atoms with E-state index in [0.29, 0.717) is 6.04 Å². The third-order valence-corrected chi connectivity index (χ3v) is 2.42. The van der Waals surface area contributed by atoms with Gasteiger partial charge in [-0.15, -0.1) is 0 Å². The maximum Gasteiger partial charge on any atom is 0.0599 e. The van der Waals surface area contributed by atoms with Crippen LogP contribution in [0.15, 0.2) is 0 Å². The summed E-state index contributed by atoms with van der Waals surface area (Å²) in [6.07, 6.45) is 0. The van der Waals surface area contributed by atoms with Gasteiger partial charge < -0.3 is 10.4 Å². The summed E-state index contributed by atoms with van der Waals surface area (Å²) >= 11 is 0. The van der Waals surface area contributed by atoms with Crippen molar-refractivity contribution in [3.05, 3.63) is 0 Å². The Morgan fingerprint density at radius 2 is 2.17 bits per heavy atom. The fourth-order valence-electron chi connectivity index (χ4n) is 1.81. The summed E-state index contributed by atoms with van der Waals surface area (Å²) in [6, 6.07) is 0.291. The van der Waals surface area contributed by atoms with Gasteiger partial charge in [0.2, 0.25) is 0 Å². The third kappa shape index (κ3) is 2.19. The minimum Gasteiger partial charge on any atom is -0.395 e. The van der Waals surface area contributed by atoms with E-state index in [0.717, 1.165) is 19.6 Å². The molecule has 1 aliphatic rings. The Hall–Kier alpha value is -0.120. The van der Waals surface area contributed by atoms with Crippen LogP contribution in [-0.2, 0) is 0 Å². The molecule has 3 nitrogen and oxygen atoms in total. The molecule has 0 amide bonds. The van der Waals surface area contributed by atoms with Crippen LogP contribution in [0.3, 0.4) is 0 Å². The summed E-state index contributed by atoms with van der Waals surface area (Å²) in [4.78, 5) is 2.36. The quantitative estimate of drug-likeness (QED) is 0.587. The van der Waals surface area contributed by atoms with Crippen molar-refractivity contribution in [1.82, 2.24) is 10.2 Å². The Labute approximate surface area is 74.8 Å². The molecule has 0 aromatic heterocycles. The van der Waals surface area contributed by atoms with Gasteiger partial charge in [-0.1, -0.05) is 0 Å². The lowest BCUT2D eigenvalue weighted by Crippen LogP contribution is -2.59. The highest BCUT2D eigenvalue weighted by atomic mass is 16.3. The Morgan fingerprint density at radius 1 is 1.50 bits per heavy atom. The first-order valence-corrected chi connectivity index (χ1v) is 4.64. The average molecular weight is 172 g/mol. The maximum atomic E-state index is 9.14. The molecule has 1 fully saturated rings. The van der Waals surface area contributed by atoms with E-state index in [1.165, 1.54) is 0 Å². The van der Waals surface area contributed by atoms with E-state index in [1.807, 2.05) is 0 Å². The van der Waals surface area contributed by atoms with Crippen LogP contribution in [0.5, 0.6) is 0 Å². The molecule has 12 heavy (non-hydrogen) atoms. The topological polar surface area (TPSA) is 35.5 Å². The van der Waals surface area contributed by atoms with E-state index in [-0.39, 0.29) is 12.1 Å². The smallest absolute Gasteiger partial charge is 0.0599 e. The molecular formula is C9H20N2O. The molecule has 0 unspecified atom stereocenters. The molecule has 0 spiro atoms. The lowest BCUT2D eigenvalue weighted by Gasteiger charge is -2.44. The number of piperazine rings is 1. The summed E-state index contributed by atoms with van der Waals surface area (Å²) < 4.78 is 0. The van der Waals surface area contributed by atoms with E-state index >= 15 is 0 Å². The van der Waals surface area contributed by atoms with Gasteiger partial charge in [0.25, 0.3) is 0 Å². The lowest BCUT2D eigenvalue weighted by atomic mass is 10.0. The summed E-state index contributed by atoms with van der Waals surface area (Å²) in [5, 5.41) is 12.4. The van der Waals surface area contributed by atoms with Gasteiger partial charge in [0, 0.05) is 31.2 Å². The van der Waals surface area contributed by atoms with Gasteiger partial charge in [0.1, 0.15) is 0 Å². The zero-order valence-corrected chi connectivity index (χ0v) is 8.30. The molecule has 0 bridgehead atoms. The number of aliphatic hydroxyl groups is 1. The molecule has 72 valence electrons. The Balaban J connectivity index is 2.59. The van der Waals surface area contributed by atoms with Gasteiger partial charge in [-0.25, -0.2) is 0 Å². The van der Waals surface area contributed by atoms with E-state index < -0.39 is 0 Å². The highest BCUT2D eigenvalue weighted by Gasteiger charge is 2.30. The van der Waals surface area contributed by atoms with E-state index in [2.05, 4.69) is 31.0 Å². The first-order valence-electron chi connectivity index (χ1n) is 4.64. The number of rotatable bonds is 1. The second-order valence-corrected chi connectivity index (χ2v) is 4.40. The summed E-state index contributed by atoms with van der Waals surface area (Å²) in [5.41, 5.74) is 0.176. The number of nitrogens with one attached hydrogen (secondary N) is 1. The van der Waals surface area contributed by atoms with Crippen LogP contribution in [0.1, 0.15) is 20.8 Å². The molecule has 0 aromatic rings. The zero-order valence-electron chi connectivity index (χ0n) is 8.30. The molecule has 0 aromatic carbocycles. The van der Waals surface area contributed by atoms with Crippen molar-refractivity contribution in [3.63, 3.8) is 0 Å². The number of nitrogens with zero attached hydrogens (tertiary/aromatic N) is 1. The van der Waals surface area contributed by atoms with Gasteiger partial charge in [0.15, 0.2) is 0 Å². The molecule has 1 saturated heterocycles. The Morgan fingerprint density at radius 3 is 2.58 bits per heavy atom. The van der Waals surface area contributed by atoms with Gasteiger partial charge in [-0.05, 0) is 20.8 Å². The molecule has 2 N–H and O–H groups in total.